The zero-order valence-electron chi connectivity index (χ0n) is 17.2. The summed E-state index contributed by atoms with van der Waals surface area (Å²) >= 11 is 0. The highest BCUT2D eigenvalue weighted by molar-refractivity contribution is 7.92. The molecule has 0 radical (unpaired) electrons. The van der Waals surface area contributed by atoms with E-state index in [0.717, 1.165) is 11.1 Å². The Morgan fingerprint density at radius 1 is 1.00 bits per heavy atom. The Morgan fingerprint density at radius 3 is 2.39 bits per heavy atom. The van der Waals surface area contributed by atoms with Crippen molar-refractivity contribution < 1.29 is 13.2 Å². The van der Waals surface area contributed by atoms with Gasteiger partial charge < -0.3 is 4.74 Å². The maximum atomic E-state index is 13.8. The van der Waals surface area contributed by atoms with Gasteiger partial charge in [-0.3, -0.25) is 14.0 Å². The number of sulfonamides is 1. The number of hydrogen-bond acceptors (Lipinski definition) is 5. The van der Waals surface area contributed by atoms with Crippen LogP contribution in [-0.2, 0) is 23.6 Å². The Morgan fingerprint density at radius 2 is 1.74 bits per heavy atom. The molecule has 0 aliphatic carbocycles. The number of rotatable bonds is 7. The molecule has 4 rings (SSSR count). The second-order valence-corrected chi connectivity index (χ2v) is 8.81. The topological polar surface area (TPSA) is 77.3 Å². The molecule has 158 valence electrons. The number of hydrogen-bond donors (Lipinski definition) is 0. The first-order chi connectivity index (χ1) is 15.0. The zero-order chi connectivity index (χ0) is 21.8. The van der Waals surface area contributed by atoms with Crippen LogP contribution in [0.25, 0.3) is 11.3 Å². The van der Waals surface area contributed by atoms with Gasteiger partial charge in [0, 0.05) is 31.2 Å². The largest absolute Gasteiger partial charge is 0.497 e. The molecule has 0 bridgehead atoms. The predicted octanol–water partition coefficient (Wildman–Crippen LogP) is 3.89. The number of methoxy groups -OCH3 is 1. The van der Waals surface area contributed by atoms with Crippen LogP contribution in [0.3, 0.4) is 0 Å². The van der Waals surface area contributed by atoms with Gasteiger partial charge in [-0.15, -0.1) is 0 Å². The standard InChI is InChI=1S/C23H22N4O3S/c1-26-17-22(23(25-26)19-8-4-3-5-9-19)27(16-18-7-6-14-24-15-18)31(28,29)21-12-10-20(30-2)11-13-21/h3-15,17H,16H2,1-2H3. The molecule has 8 heteroatoms. The number of anilines is 1. The van der Waals surface area contributed by atoms with Crippen molar-refractivity contribution in [2.24, 2.45) is 7.05 Å². The van der Waals surface area contributed by atoms with Gasteiger partial charge in [-0.05, 0) is 35.9 Å². The van der Waals surface area contributed by atoms with Gasteiger partial charge in [-0.1, -0.05) is 36.4 Å². The Labute approximate surface area is 181 Å². The lowest BCUT2D eigenvalue weighted by molar-refractivity contribution is 0.414. The Balaban J connectivity index is 1.86. The first kappa shape index (κ1) is 20.6. The fourth-order valence-electron chi connectivity index (χ4n) is 3.29. The molecule has 0 spiro atoms. The van der Waals surface area contributed by atoms with Crippen molar-refractivity contribution in [1.29, 1.82) is 0 Å². The number of nitrogens with zero attached hydrogens (tertiary/aromatic N) is 4. The average Bonchev–Trinajstić information content (AvgIpc) is 3.19. The van der Waals surface area contributed by atoms with Crippen molar-refractivity contribution in [3.63, 3.8) is 0 Å². The Kier molecular flexibility index (Phi) is 5.73. The molecule has 2 aromatic heterocycles. The van der Waals surface area contributed by atoms with Crippen LogP contribution in [0.2, 0.25) is 0 Å². The minimum atomic E-state index is -3.90. The van der Waals surface area contributed by atoms with Crippen molar-refractivity contribution in [3.8, 4) is 17.0 Å². The van der Waals surface area contributed by atoms with Gasteiger partial charge in [0.1, 0.15) is 11.4 Å². The number of ether oxygens (including phenoxy) is 1. The van der Waals surface area contributed by atoms with Crippen LogP contribution >= 0.6 is 0 Å². The predicted molar refractivity (Wildman–Crippen MR) is 119 cm³/mol. The fourth-order valence-corrected chi connectivity index (χ4v) is 4.74. The summed E-state index contributed by atoms with van der Waals surface area (Å²) < 4.78 is 35.7. The SMILES string of the molecule is COc1ccc(S(=O)(=O)N(Cc2cccnc2)c2cn(C)nc2-c2ccccc2)cc1. The minimum absolute atomic E-state index is 0.119. The lowest BCUT2D eigenvalue weighted by atomic mass is 10.1. The van der Waals surface area contributed by atoms with E-state index >= 15 is 0 Å². The lowest BCUT2D eigenvalue weighted by Crippen LogP contribution is -2.30. The molecule has 0 aliphatic rings. The van der Waals surface area contributed by atoms with E-state index < -0.39 is 10.0 Å². The van der Waals surface area contributed by atoms with E-state index in [1.165, 1.54) is 4.31 Å². The summed E-state index contributed by atoms with van der Waals surface area (Å²) in [6.45, 7) is 0.119. The highest BCUT2D eigenvalue weighted by atomic mass is 32.2. The first-order valence-electron chi connectivity index (χ1n) is 9.64. The van der Waals surface area contributed by atoms with Gasteiger partial charge in [-0.25, -0.2) is 8.42 Å². The molecule has 0 fully saturated rings. The summed E-state index contributed by atoms with van der Waals surface area (Å²) in [4.78, 5) is 4.30. The second kappa shape index (κ2) is 8.61. The van der Waals surface area contributed by atoms with E-state index in [9.17, 15) is 8.42 Å². The third-order valence-corrected chi connectivity index (χ3v) is 6.60. The molecule has 2 heterocycles. The molecule has 31 heavy (non-hydrogen) atoms. The van der Waals surface area contributed by atoms with Crippen LogP contribution in [0.1, 0.15) is 5.56 Å². The van der Waals surface area contributed by atoms with Crippen molar-refractivity contribution >= 4 is 15.7 Å². The van der Waals surface area contributed by atoms with Crippen molar-refractivity contribution in [2.45, 2.75) is 11.4 Å². The molecule has 0 aliphatic heterocycles. The van der Waals surface area contributed by atoms with Crippen LogP contribution in [0.4, 0.5) is 5.69 Å². The highest BCUT2D eigenvalue weighted by Gasteiger charge is 2.29. The summed E-state index contributed by atoms with van der Waals surface area (Å²) in [5.74, 6) is 0.587. The van der Waals surface area contributed by atoms with Crippen molar-refractivity contribution in [3.05, 3.63) is 90.9 Å². The molecule has 0 amide bonds. The molecule has 0 atom stereocenters. The molecule has 7 nitrogen and oxygen atoms in total. The molecule has 0 saturated carbocycles. The maximum absolute atomic E-state index is 13.8. The molecule has 0 unspecified atom stereocenters. The van der Waals surface area contributed by atoms with Crippen LogP contribution < -0.4 is 9.04 Å². The van der Waals surface area contributed by atoms with Gasteiger partial charge in [0.25, 0.3) is 10.0 Å². The van der Waals surface area contributed by atoms with Crippen molar-refractivity contribution in [2.75, 3.05) is 11.4 Å². The van der Waals surface area contributed by atoms with E-state index in [-0.39, 0.29) is 11.4 Å². The summed E-state index contributed by atoms with van der Waals surface area (Å²) in [6.07, 6.45) is 5.04. The van der Waals surface area contributed by atoms with E-state index in [4.69, 9.17) is 4.74 Å². The van der Waals surface area contributed by atoms with E-state index in [1.54, 1.807) is 67.8 Å². The molecule has 0 saturated heterocycles. The summed E-state index contributed by atoms with van der Waals surface area (Å²) in [6, 6.07) is 19.5. The van der Waals surface area contributed by atoms with Crippen LogP contribution in [0, 0.1) is 0 Å². The van der Waals surface area contributed by atoms with Crippen LogP contribution in [0.5, 0.6) is 5.75 Å². The molecule has 4 aromatic rings. The third kappa shape index (κ3) is 4.29. The first-order valence-corrected chi connectivity index (χ1v) is 11.1. The fraction of sp³-hybridized carbons (Fsp3) is 0.130. The van der Waals surface area contributed by atoms with Gasteiger partial charge in [0.05, 0.1) is 24.2 Å². The smallest absolute Gasteiger partial charge is 0.264 e. The summed E-state index contributed by atoms with van der Waals surface area (Å²) in [5.41, 5.74) is 2.68. The minimum Gasteiger partial charge on any atom is -0.497 e. The highest BCUT2D eigenvalue weighted by Crippen LogP contribution is 2.34. The van der Waals surface area contributed by atoms with Gasteiger partial charge in [0.2, 0.25) is 0 Å². The monoisotopic (exact) mass is 434 g/mol. The number of benzene rings is 2. The normalized spacial score (nSPS) is 11.3. The summed E-state index contributed by atoms with van der Waals surface area (Å²) in [7, 11) is -0.580. The van der Waals surface area contributed by atoms with E-state index in [0.29, 0.717) is 17.1 Å². The van der Waals surface area contributed by atoms with Gasteiger partial charge in [0.15, 0.2) is 0 Å². The molecule has 0 N–H and O–H groups in total. The number of aryl methyl sites for hydroxylation is 1. The molecular formula is C23H22N4O3S. The summed E-state index contributed by atoms with van der Waals surface area (Å²) in [5, 5.41) is 4.55. The van der Waals surface area contributed by atoms with Gasteiger partial charge >= 0.3 is 0 Å². The second-order valence-electron chi connectivity index (χ2n) is 6.95. The molecular weight excluding hydrogens is 412 g/mol. The number of pyridine rings is 1. The average molecular weight is 435 g/mol. The lowest BCUT2D eigenvalue weighted by Gasteiger charge is -2.24. The van der Waals surface area contributed by atoms with Crippen molar-refractivity contribution in [1.82, 2.24) is 14.8 Å². The molecule has 2 aromatic carbocycles. The Hall–Kier alpha value is -3.65. The Bertz CT molecular complexity index is 1260. The third-order valence-electron chi connectivity index (χ3n) is 4.82. The quantitative estimate of drug-likeness (QED) is 0.441. The van der Waals surface area contributed by atoms with E-state index in [2.05, 4.69) is 10.1 Å². The van der Waals surface area contributed by atoms with Crippen LogP contribution in [0.15, 0.2) is 90.2 Å². The maximum Gasteiger partial charge on any atom is 0.264 e. The van der Waals surface area contributed by atoms with Gasteiger partial charge in [-0.2, -0.15) is 5.10 Å². The van der Waals surface area contributed by atoms with Crippen LogP contribution in [-0.4, -0.2) is 30.3 Å². The number of aromatic nitrogens is 3. The van der Waals surface area contributed by atoms with E-state index in [1.807, 2.05) is 36.4 Å². The zero-order valence-corrected chi connectivity index (χ0v) is 18.0.